The van der Waals surface area contributed by atoms with Crippen molar-refractivity contribution in [3.63, 3.8) is 0 Å². The second-order valence-corrected chi connectivity index (χ2v) is 5.24. The molecule has 0 radical (unpaired) electrons. The predicted molar refractivity (Wildman–Crippen MR) is 87.7 cm³/mol. The van der Waals surface area contributed by atoms with Gasteiger partial charge in [-0.1, -0.05) is 18.2 Å². The molecule has 0 aliphatic heterocycles. The van der Waals surface area contributed by atoms with Crippen LogP contribution in [-0.2, 0) is 6.18 Å². The lowest BCUT2D eigenvalue weighted by Crippen LogP contribution is -2.13. The number of hydrogen-bond acceptors (Lipinski definition) is 3. The van der Waals surface area contributed by atoms with Crippen LogP contribution in [0.5, 0.6) is 5.75 Å². The Morgan fingerprint density at radius 2 is 1.88 bits per heavy atom. The molecule has 3 rings (SSSR count). The Morgan fingerprint density at radius 3 is 2.60 bits per heavy atom. The normalized spacial score (nSPS) is 11.4. The fraction of sp³-hybridized carbons (Fsp3) is 0.111. The van der Waals surface area contributed by atoms with Gasteiger partial charge in [-0.25, -0.2) is 0 Å². The highest BCUT2D eigenvalue weighted by Gasteiger charge is 2.30. The lowest BCUT2D eigenvalue weighted by Gasteiger charge is -2.12. The summed E-state index contributed by atoms with van der Waals surface area (Å²) in [5.74, 6) is -0.0254. The number of alkyl halides is 3. The van der Waals surface area contributed by atoms with Gasteiger partial charge in [0.2, 0.25) is 0 Å². The first-order chi connectivity index (χ1) is 11.9. The molecule has 1 N–H and O–H groups in total. The van der Waals surface area contributed by atoms with E-state index in [1.807, 2.05) is 0 Å². The molecule has 0 aliphatic carbocycles. The number of amides is 1. The molecule has 0 spiro atoms. The number of nitrogens with one attached hydrogen (secondary N) is 1. The van der Waals surface area contributed by atoms with Crippen LogP contribution in [0.2, 0.25) is 0 Å². The summed E-state index contributed by atoms with van der Waals surface area (Å²) in [5, 5.41) is 3.11. The van der Waals surface area contributed by atoms with Crippen LogP contribution in [0.15, 0.2) is 54.7 Å². The minimum Gasteiger partial charge on any atom is -0.496 e. The molecule has 128 valence electrons. The van der Waals surface area contributed by atoms with E-state index < -0.39 is 17.6 Å². The number of halogens is 3. The van der Waals surface area contributed by atoms with Gasteiger partial charge in [-0.05, 0) is 30.3 Å². The molecule has 2 aromatic carbocycles. The van der Waals surface area contributed by atoms with Crippen LogP contribution in [0.1, 0.15) is 15.9 Å². The quantitative estimate of drug-likeness (QED) is 0.759. The Labute approximate surface area is 141 Å². The van der Waals surface area contributed by atoms with Crippen molar-refractivity contribution >= 4 is 22.5 Å². The van der Waals surface area contributed by atoms with Crippen molar-refractivity contribution in [1.82, 2.24) is 4.98 Å². The Kier molecular flexibility index (Phi) is 4.31. The lowest BCUT2D eigenvalue weighted by molar-refractivity contribution is -0.137. The number of rotatable bonds is 3. The number of fused-ring (bicyclic) bond motifs is 1. The van der Waals surface area contributed by atoms with E-state index in [2.05, 4.69) is 10.3 Å². The topological polar surface area (TPSA) is 51.2 Å². The molecule has 3 aromatic rings. The Balaban J connectivity index is 1.98. The summed E-state index contributed by atoms with van der Waals surface area (Å²) in [6.07, 6.45) is -3.10. The molecule has 7 heteroatoms. The van der Waals surface area contributed by atoms with E-state index in [1.54, 1.807) is 24.3 Å². The van der Waals surface area contributed by atoms with E-state index in [1.165, 1.54) is 25.4 Å². The molecular weight excluding hydrogens is 333 g/mol. The minimum absolute atomic E-state index is 0.146. The van der Waals surface area contributed by atoms with Gasteiger partial charge < -0.3 is 10.1 Å². The average molecular weight is 346 g/mol. The number of hydrogen-bond donors (Lipinski definition) is 1. The third-order valence-corrected chi connectivity index (χ3v) is 3.67. The van der Waals surface area contributed by atoms with E-state index in [-0.39, 0.29) is 5.52 Å². The number of nitrogens with zero attached hydrogens (tertiary/aromatic N) is 1. The van der Waals surface area contributed by atoms with Gasteiger partial charge in [-0.15, -0.1) is 0 Å². The summed E-state index contributed by atoms with van der Waals surface area (Å²) in [6.45, 7) is 0. The van der Waals surface area contributed by atoms with Crippen molar-refractivity contribution < 1.29 is 22.7 Å². The van der Waals surface area contributed by atoms with Crippen LogP contribution in [0, 0.1) is 0 Å². The van der Waals surface area contributed by atoms with E-state index in [4.69, 9.17) is 4.74 Å². The highest BCUT2D eigenvalue weighted by molar-refractivity contribution is 6.10. The third kappa shape index (κ3) is 3.40. The zero-order valence-corrected chi connectivity index (χ0v) is 13.1. The number of pyridine rings is 1. The summed E-state index contributed by atoms with van der Waals surface area (Å²) < 4.78 is 43.6. The Morgan fingerprint density at radius 1 is 1.12 bits per heavy atom. The van der Waals surface area contributed by atoms with E-state index in [0.29, 0.717) is 22.4 Å². The standard InChI is InChI=1S/C18H13F3N2O2/c1-25-16-5-3-2-4-13(16)17(24)23-14-8-9-22-15-10-11(18(19,20)21)6-7-12(14)15/h2-10H,1H3,(H,22,23,24). The molecule has 4 nitrogen and oxygen atoms in total. The first-order valence-corrected chi connectivity index (χ1v) is 7.30. The fourth-order valence-electron chi connectivity index (χ4n) is 2.46. The molecule has 0 saturated heterocycles. The van der Waals surface area contributed by atoms with Gasteiger partial charge in [-0.2, -0.15) is 13.2 Å². The van der Waals surface area contributed by atoms with Crippen LogP contribution in [-0.4, -0.2) is 18.0 Å². The van der Waals surface area contributed by atoms with Crippen molar-refractivity contribution in [2.75, 3.05) is 12.4 Å². The molecule has 25 heavy (non-hydrogen) atoms. The van der Waals surface area contributed by atoms with Crippen LogP contribution < -0.4 is 10.1 Å². The monoisotopic (exact) mass is 346 g/mol. The van der Waals surface area contributed by atoms with Gasteiger partial charge in [0, 0.05) is 11.6 Å². The first-order valence-electron chi connectivity index (χ1n) is 7.30. The molecule has 1 amide bonds. The number of carbonyl (C=O) groups is 1. The molecule has 0 bridgehead atoms. The Bertz CT molecular complexity index is 939. The van der Waals surface area contributed by atoms with Crippen molar-refractivity contribution in [2.24, 2.45) is 0 Å². The summed E-state index contributed by atoms with van der Waals surface area (Å²) in [7, 11) is 1.45. The molecule has 1 aromatic heterocycles. The molecular formula is C18H13F3N2O2. The maximum atomic E-state index is 12.8. The average Bonchev–Trinajstić information content (AvgIpc) is 2.60. The number of carbonyl (C=O) groups excluding carboxylic acids is 1. The summed E-state index contributed by atoms with van der Waals surface area (Å²) in [6, 6.07) is 11.4. The van der Waals surface area contributed by atoms with E-state index in [0.717, 1.165) is 12.1 Å². The predicted octanol–water partition coefficient (Wildman–Crippen LogP) is 4.51. The number of aromatic nitrogens is 1. The molecule has 0 aliphatic rings. The maximum Gasteiger partial charge on any atom is 0.416 e. The molecule has 1 heterocycles. The van der Waals surface area contributed by atoms with Gasteiger partial charge >= 0.3 is 6.18 Å². The number of benzene rings is 2. The van der Waals surface area contributed by atoms with Crippen molar-refractivity contribution in [1.29, 1.82) is 0 Å². The SMILES string of the molecule is COc1ccccc1C(=O)Nc1ccnc2cc(C(F)(F)F)ccc12. The third-order valence-electron chi connectivity index (χ3n) is 3.67. The zero-order valence-electron chi connectivity index (χ0n) is 13.1. The van der Waals surface area contributed by atoms with Gasteiger partial charge in [0.05, 0.1) is 29.4 Å². The smallest absolute Gasteiger partial charge is 0.416 e. The van der Waals surface area contributed by atoms with Crippen LogP contribution in [0.4, 0.5) is 18.9 Å². The number of anilines is 1. The number of para-hydroxylation sites is 1. The first kappa shape index (κ1) is 16.8. The fourth-order valence-corrected chi connectivity index (χ4v) is 2.46. The van der Waals surface area contributed by atoms with Crippen LogP contribution in [0.25, 0.3) is 10.9 Å². The van der Waals surface area contributed by atoms with Crippen molar-refractivity contribution in [3.05, 3.63) is 65.9 Å². The minimum atomic E-state index is -4.45. The van der Waals surface area contributed by atoms with E-state index in [9.17, 15) is 18.0 Å². The largest absolute Gasteiger partial charge is 0.496 e. The highest BCUT2D eigenvalue weighted by Crippen LogP contribution is 2.32. The van der Waals surface area contributed by atoms with Crippen molar-refractivity contribution in [3.8, 4) is 5.75 Å². The Hall–Kier alpha value is -3.09. The summed E-state index contributed by atoms with van der Waals surface area (Å²) in [5.41, 5.74) is 0.0462. The highest BCUT2D eigenvalue weighted by atomic mass is 19.4. The van der Waals surface area contributed by atoms with Gasteiger partial charge in [0.15, 0.2) is 0 Å². The molecule has 0 atom stereocenters. The molecule has 0 unspecified atom stereocenters. The second kappa shape index (κ2) is 6.43. The molecule has 0 saturated carbocycles. The number of methoxy groups -OCH3 is 1. The summed E-state index contributed by atoms with van der Waals surface area (Å²) >= 11 is 0. The summed E-state index contributed by atoms with van der Waals surface area (Å²) in [4.78, 5) is 16.4. The van der Waals surface area contributed by atoms with Crippen LogP contribution >= 0.6 is 0 Å². The molecule has 0 fully saturated rings. The zero-order chi connectivity index (χ0) is 18.0. The van der Waals surface area contributed by atoms with Gasteiger partial charge in [0.25, 0.3) is 5.91 Å². The maximum absolute atomic E-state index is 12.8. The van der Waals surface area contributed by atoms with Gasteiger partial charge in [-0.3, -0.25) is 9.78 Å². The lowest BCUT2D eigenvalue weighted by atomic mass is 10.1. The van der Waals surface area contributed by atoms with E-state index >= 15 is 0 Å². The van der Waals surface area contributed by atoms with Crippen molar-refractivity contribution in [2.45, 2.75) is 6.18 Å². The van der Waals surface area contributed by atoms with Crippen LogP contribution in [0.3, 0.4) is 0 Å². The number of ether oxygens (including phenoxy) is 1. The second-order valence-electron chi connectivity index (χ2n) is 5.24. The van der Waals surface area contributed by atoms with Gasteiger partial charge in [0.1, 0.15) is 5.75 Å².